The lowest BCUT2D eigenvalue weighted by Crippen LogP contribution is -2.21. The summed E-state index contributed by atoms with van der Waals surface area (Å²) in [6, 6.07) is 4.00. The number of rotatable bonds is 8. The minimum Gasteiger partial charge on any atom is -0.394 e. The van der Waals surface area contributed by atoms with E-state index in [0.29, 0.717) is 23.9 Å². The highest BCUT2D eigenvalue weighted by Crippen LogP contribution is 2.22. The van der Waals surface area contributed by atoms with Gasteiger partial charge >= 0.3 is 0 Å². The number of fused-ring (bicyclic) bond motifs is 1. The van der Waals surface area contributed by atoms with E-state index in [-0.39, 0.29) is 13.2 Å². The van der Waals surface area contributed by atoms with Gasteiger partial charge in [-0.2, -0.15) is 0 Å². The highest BCUT2D eigenvalue weighted by molar-refractivity contribution is 5.88. The molecule has 3 heterocycles. The van der Waals surface area contributed by atoms with Crippen LogP contribution in [0.5, 0.6) is 0 Å². The maximum absolute atomic E-state index is 8.86. The number of nitrogens with one attached hydrogen (secondary N) is 1. The lowest BCUT2D eigenvalue weighted by molar-refractivity contribution is 0.307. The topological polar surface area (TPSA) is 129 Å². The van der Waals surface area contributed by atoms with Crippen LogP contribution in [0.15, 0.2) is 35.7 Å². The lowest BCUT2D eigenvalue weighted by atomic mass is 10.1. The first-order valence-corrected chi connectivity index (χ1v) is 8.91. The number of nitrogens with two attached hydrogens (primary N) is 1. The summed E-state index contributed by atoms with van der Waals surface area (Å²) in [5, 5.41) is 16.5. The van der Waals surface area contributed by atoms with Gasteiger partial charge in [-0.3, -0.25) is 4.99 Å². The predicted molar refractivity (Wildman–Crippen MR) is 110 cm³/mol. The SMILES string of the molecule is Cc1cnc2ccc(CN(C)c3nc(C(C=N)C=NCCO)cnc3N)cn12. The zero-order chi connectivity index (χ0) is 20.1. The van der Waals surface area contributed by atoms with Gasteiger partial charge in [0.25, 0.3) is 0 Å². The molecule has 1 unspecified atom stereocenters. The van der Waals surface area contributed by atoms with Crippen molar-refractivity contribution in [1.82, 2.24) is 19.4 Å². The second kappa shape index (κ2) is 8.57. The molecule has 0 aromatic carbocycles. The second-order valence-electron chi connectivity index (χ2n) is 6.50. The Labute approximate surface area is 163 Å². The third kappa shape index (κ3) is 4.15. The van der Waals surface area contributed by atoms with E-state index >= 15 is 0 Å². The minimum atomic E-state index is -0.420. The molecule has 0 aliphatic rings. The monoisotopic (exact) mass is 380 g/mol. The van der Waals surface area contributed by atoms with Crippen LogP contribution in [0.2, 0.25) is 0 Å². The minimum absolute atomic E-state index is 0.0383. The summed E-state index contributed by atoms with van der Waals surface area (Å²) in [7, 11) is 1.90. The van der Waals surface area contributed by atoms with Crippen LogP contribution in [0.25, 0.3) is 5.65 Å². The Morgan fingerprint density at radius 1 is 1.36 bits per heavy atom. The van der Waals surface area contributed by atoms with Crippen molar-refractivity contribution < 1.29 is 5.11 Å². The summed E-state index contributed by atoms with van der Waals surface area (Å²) in [5.74, 6) is 0.446. The molecule has 0 spiro atoms. The number of aromatic nitrogens is 4. The summed E-state index contributed by atoms with van der Waals surface area (Å²) in [4.78, 5) is 19.2. The van der Waals surface area contributed by atoms with Crippen LogP contribution >= 0.6 is 0 Å². The zero-order valence-corrected chi connectivity index (χ0v) is 15.9. The van der Waals surface area contributed by atoms with E-state index in [2.05, 4.69) is 19.9 Å². The number of nitrogen functional groups attached to an aromatic ring is 1. The number of aliphatic hydroxyl groups excluding tert-OH is 1. The molecule has 3 aromatic heterocycles. The third-order valence-electron chi connectivity index (χ3n) is 4.35. The molecule has 146 valence electrons. The molecule has 0 bridgehead atoms. The van der Waals surface area contributed by atoms with Gasteiger partial charge in [0.15, 0.2) is 11.6 Å². The van der Waals surface area contributed by atoms with Crippen molar-refractivity contribution >= 4 is 29.7 Å². The van der Waals surface area contributed by atoms with Crippen LogP contribution in [0.4, 0.5) is 11.6 Å². The van der Waals surface area contributed by atoms with E-state index in [0.717, 1.165) is 16.9 Å². The number of hydrogen-bond donors (Lipinski definition) is 3. The Balaban J connectivity index is 1.84. The first-order valence-electron chi connectivity index (χ1n) is 8.91. The Kier molecular flexibility index (Phi) is 5.95. The molecule has 3 rings (SSSR count). The molecule has 0 aliphatic heterocycles. The summed E-state index contributed by atoms with van der Waals surface area (Å²) in [6.45, 7) is 2.85. The molecule has 28 heavy (non-hydrogen) atoms. The third-order valence-corrected chi connectivity index (χ3v) is 4.35. The van der Waals surface area contributed by atoms with Crippen LogP contribution in [0.1, 0.15) is 22.9 Å². The van der Waals surface area contributed by atoms with Crippen LogP contribution < -0.4 is 10.6 Å². The largest absolute Gasteiger partial charge is 0.394 e. The number of pyridine rings is 1. The summed E-state index contributed by atoms with van der Waals surface area (Å²) in [6.07, 6.45) is 8.26. The zero-order valence-electron chi connectivity index (χ0n) is 15.9. The number of imidazole rings is 1. The van der Waals surface area contributed by atoms with Crippen molar-refractivity contribution in [3.8, 4) is 0 Å². The molecule has 1 atom stereocenters. The second-order valence-corrected chi connectivity index (χ2v) is 6.50. The smallest absolute Gasteiger partial charge is 0.171 e. The van der Waals surface area contributed by atoms with Crippen molar-refractivity contribution in [2.45, 2.75) is 19.4 Å². The van der Waals surface area contributed by atoms with Crippen molar-refractivity contribution in [2.75, 3.05) is 30.8 Å². The van der Waals surface area contributed by atoms with Gasteiger partial charge < -0.3 is 25.6 Å². The van der Waals surface area contributed by atoms with Crippen molar-refractivity contribution in [1.29, 1.82) is 5.41 Å². The van der Waals surface area contributed by atoms with Crippen molar-refractivity contribution in [2.24, 2.45) is 4.99 Å². The molecule has 0 aliphatic carbocycles. The van der Waals surface area contributed by atoms with E-state index < -0.39 is 5.92 Å². The van der Waals surface area contributed by atoms with Gasteiger partial charge in [0.1, 0.15) is 5.65 Å². The Bertz CT molecular complexity index is 997. The van der Waals surface area contributed by atoms with Gasteiger partial charge in [0, 0.05) is 44.1 Å². The van der Waals surface area contributed by atoms with Gasteiger partial charge in [-0.1, -0.05) is 6.07 Å². The number of nitrogens with zero attached hydrogens (tertiary/aromatic N) is 6. The van der Waals surface area contributed by atoms with Gasteiger partial charge in [-0.25, -0.2) is 15.0 Å². The van der Waals surface area contributed by atoms with Crippen LogP contribution in [-0.2, 0) is 6.54 Å². The molecule has 0 radical (unpaired) electrons. The summed E-state index contributed by atoms with van der Waals surface area (Å²) in [5.41, 5.74) is 9.68. The number of hydrogen-bond acceptors (Lipinski definition) is 8. The van der Waals surface area contributed by atoms with E-state index in [1.165, 1.54) is 6.21 Å². The predicted octanol–water partition coefficient (Wildman–Crippen LogP) is 1.45. The normalized spacial score (nSPS) is 12.5. The van der Waals surface area contributed by atoms with Crippen LogP contribution in [0.3, 0.4) is 0 Å². The Morgan fingerprint density at radius 2 is 2.18 bits per heavy atom. The fourth-order valence-corrected chi connectivity index (χ4v) is 2.88. The first kappa shape index (κ1) is 19.4. The fourth-order valence-electron chi connectivity index (χ4n) is 2.88. The van der Waals surface area contributed by atoms with Crippen LogP contribution in [-0.4, -0.2) is 57.1 Å². The average molecular weight is 380 g/mol. The summed E-state index contributed by atoms with van der Waals surface area (Å²) < 4.78 is 2.04. The maximum Gasteiger partial charge on any atom is 0.171 e. The van der Waals surface area contributed by atoms with E-state index in [4.69, 9.17) is 16.2 Å². The number of aliphatic hydroxyl groups is 1. The Hall–Kier alpha value is -3.33. The van der Waals surface area contributed by atoms with Gasteiger partial charge in [0.2, 0.25) is 0 Å². The molecule has 9 nitrogen and oxygen atoms in total. The summed E-state index contributed by atoms with van der Waals surface area (Å²) >= 11 is 0. The fraction of sp³-hybridized carbons (Fsp3) is 0.316. The van der Waals surface area contributed by atoms with E-state index in [1.807, 2.05) is 47.8 Å². The number of aryl methyl sites for hydroxylation is 1. The van der Waals surface area contributed by atoms with Gasteiger partial charge in [0.05, 0.1) is 31.0 Å². The molecular formula is C19H24N8O. The number of aliphatic imine (C=N–C) groups is 1. The Morgan fingerprint density at radius 3 is 2.93 bits per heavy atom. The van der Waals surface area contributed by atoms with E-state index in [1.54, 1.807) is 12.4 Å². The number of anilines is 2. The molecule has 0 saturated heterocycles. The molecule has 3 aromatic rings. The maximum atomic E-state index is 8.86. The van der Waals surface area contributed by atoms with Crippen LogP contribution in [0, 0.1) is 12.3 Å². The van der Waals surface area contributed by atoms with Gasteiger partial charge in [-0.05, 0) is 18.6 Å². The van der Waals surface area contributed by atoms with Crippen molar-refractivity contribution in [3.63, 3.8) is 0 Å². The van der Waals surface area contributed by atoms with Crippen molar-refractivity contribution in [3.05, 3.63) is 47.7 Å². The van der Waals surface area contributed by atoms with Gasteiger partial charge in [-0.15, -0.1) is 0 Å². The van der Waals surface area contributed by atoms with E-state index in [9.17, 15) is 0 Å². The lowest BCUT2D eigenvalue weighted by Gasteiger charge is -2.21. The molecule has 4 N–H and O–H groups in total. The molecule has 0 amide bonds. The standard InChI is InChI=1S/C19H24N8O/c1-13-8-23-17-4-3-14(12-27(13)17)11-26(2)19-18(21)24-10-16(25-19)15(7-20)9-22-5-6-28/h3-4,7-10,12,15,20,28H,5-6,11H2,1-2H3,(H2,21,24). The highest BCUT2D eigenvalue weighted by atomic mass is 16.3. The average Bonchev–Trinajstić information content (AvgIpc) is 3.06. The molecule has 0 fully saturated rings. The highest BCUT2D eigenvalue weighted by Gasteiger charge is 2.15. The quantitative estimate of drug-likeness (QED) is 0.507. The first-order chi connectivity index (χ1) is 13.5. The molecule has 9 heteroatoms. The molecular weight excluding hydrogens is 356 g/mol. The molecule has 0 saturated carbocycles.